The quantitative estimate of drug-likeness (QED) is 0.662. The number of halogens is 2. The highest BCUT2D eigenvalue weighted by Crippen LogP contribution is 2.11. The van der Waals surface area contributed by atoms with E-state index in [9.17, 15) is 8.78 Å². The first kappa shape index (κ1) is 10.6. The van der Waals surface area contributed by atoms with Crippen LogP contribution in [0.25, 0.3) is 12.2 Å². The lowest BCUT2D eigenvalue weighted by Gasteiger charge is -1.96. The van der Waals surface area contributed by atoms with Gasteiger partial charge < -0.3 is 0 Å². The minimum absolute atomic E-state index is 0.515. The summed E-state index contributed by atoms with van der Waals surface area (Å²) in [7, 11) is 0. The van der Waals surface area contributed by atoms with Gasteiger partial charge in [0.05, 0.1) is 0 Å². The summed E-state index contributed by atoms with van der Waals surface area (Å²) in [5, 5.41) is 0. The molecule has 0 aliphatic carbocycles. The Labute approximate surface area is 92.9 Å². The average Bonchev–Trinajstić information content (AvgIpc) is 2.27. The Balaban J connectivity index is 2.24. The first-order chi connectivity index (χ1) is 7.74. The van der Waals surface area contributed by atoms with Crippen molar-refractivity contribution in [3.63, 3.8) is 0 Å². The average molecular weight is 216 g/mol. The van der Waals surface area contributed by atoms with Crippen molar-refractivity contribution < 1.29 is 8.78 Å². The molecule has 2 rings (SSSR count). The van der Waals surface area contributed by atoms with Gasteiger partial charge >= 0.3 is 0 Å². The van der Waals surface area contributed by atoms with Crippen LogP contribution >= 0.6 is 0 Å². The first-order valence-electron chi connectivity index (χ1n) is 4.93. The molecule has 0 aliphatic heterocycles. The molecule has 0 spiro atoms. The van der Waals surface area contributed by atoms with Crippen molar-refractivity contribution >= 4 is 12.2 Å². The molecule has 0 unspecified atom stereocenters. The van der Waals surface area contributed by atoms with Crippen LogP contribution in [-0.2, 0) is 0 Å². The van der Waals surface area contributed by atoms with Crippen LogP contribution < -0.4 is 0 Å². The lowest BCUT2D eigenvalue weighted by atomic mass is 10.1. The van der Waals surface area contributed by atoms with Gasteiger partial charge in [0.1, 0.15) is 11.6 Å². The van der Waals surface area contributed by atoms with Gasteiger partial charge in [-0.05, 0) is 23.3 Å². The highest BCUT2D eigenvalue weighted by atomic mass is 19.1. The van der Waals surface area contributed by atoms with Crippen LogP contribution in [0.4, 0.5) is 8.78 Å². The van der Waals surface area contributed by atoms with E-state index in [0.717, 1.165) is 11.6 Å². The molecule has 2 aromatic carbocycles. The van der Waals surface area contributed by atoms with Crippen molar-refractivity contribution in [2.24, 2.45) is 0 Å². The summed E-state index contributed by atoms with van der Waals surface area (Å²) in [5.41, 5.74) is 1.51. The molecule has 2 aromatic rings. The molecule has 0 fully saturated rings. The van der Waals surface area contributed by atoms with Crippen LogP contribution in [-0.4, -0.2) is 0 Å². The molecule has 0 bridgehead atoms. The van der Waals surface area contributed by atoms with Crippen molar-refractivity contribution in [3.05, 3.63) is 71.3 Å². The zero-order valence-corrected chi connectivity index (χ0v) is 8.53. The van der Waals surface area contributed by atoms with Gasteiger partial charge in [-0.15, -0.1) is 0 Å². The summed E-state index contributed by atoms with van der Waals surface area (Å²) in [5.74, 6) is -1.12. The predicted octanol–water partition coefficient (Wildman–Crippen LogP) is 4.14. The fraction of sp³-hybridized carbons (Fsp3) is 0. The molecule has 0 radical (unpaired) electrons. The molecule has 0 N–H and O–H groups in total. The molecule has 0 heterocycles. The second-order valence-electron chi connectivity index (χ2n) is 3.45. The maximum Gasteiger partial charge on any atom is 0.126 e. The van der Waals surface area contributed by atoms with E-state index in [1.54, 1.807) is 6.08 Å². The van der Waals surface area contributed by atoms with Crippen LogP contribution in [0.1, 0.15) is 11.1 Å². The third kappa shape index (κ3) is 2.76. The van der Waals surface area contributed by atoms with Crippen molar-refractivity contribution in [3.8, 4) is 0 Å². The molecular formula is C14H10F2. The van der Waals surface area contributed by atoms with Gasteiger partial charge in [-0.25, -0.2) is 8.78 Å². The molecule has 0 amide bonds. The Bertz CT molecular complexity index is 481. The largest absolute Gasteiger partial charge is 0.207 e. The third-order valence-corrected chi connectivity index (χ3v) is 2.15. The fourth-order valence-corrected chi connectivity index (χ4v) is 1.43. The predicted molar refractivity (Wildman–Crippen MR) is 61.7 cm³/mol. The highest BCUT2D eigenvalue weighted by molar-refractivity contribution is 5.69. The van der Waals surface area contributed by atoms with E-state index in [1.807, 2.05) is 36.4 Å². The van der Waals surface area contributed by atoms with Gasteiger partial charge in [0.2, 0.25) is 0 Å². The summed E-state index contributed by atoms with van der Waals surface area (Å²) in [6, 6.07) is 13.0. The lowest BCUT2D eigenvalue weighted by Crippen LogP contribution is -1.81. The van der Waals surface area contributed by atoms with Gasteiger partial charge in [0.15, 0.2) is 0 Å². The normalized spacial score (nSPS) is 10.9. The van der Waals surface area contributed by atoms with Crippen LogP contribution in [0.5, 0.6) is 0 Å². The van der Waals surface area contributed by atoms with Gasteiger partial charge in [-0.2, -0.15) is 0 Å². The summed E-state index contributed by atoms with van der Waals surface area (Å²) in [6.45, 7) is 0. The number of hydrogen-bond donors (Lipinski definition) is 0. The third-order valence-electron chi connectivity index (χ3n) is 2.15. The number of rotatable bonds is 2. The SMILES string of the molecule is Fc1cc(F)cc(/C=C/c2ccccc2)c1. The van der Waals surface area contributed by atoms with Crippen LogP contribution in [0.2, 0.25) is 0 Å². The topological polar surface area (TPSA) is 0 Å². The smallest absolute Gasteiger partial charge is 0.126 e. The zero-order valence-electron chi connectivity index (χ0n) is 8.53. The maximum absolute atomic E-state index is 12.9. The highest BCUT2D eigenvalue weighted by Gasteiger charge is 1.96. The standard InChI is InChI=1S/C14H10F2/c15-13-8-12(9-14(16)10-13)7-6-11-4-2-1-3-5-11/h1-10H/b7-6+. The van der Waals surface area contributed by atoms with Gasteiger partial charge in [-0.3, -0.25) is 0 Å². The van der Waals surface area contributed by atoms with Crippen molar-refractivity contribution in [2.45, 2.75) is 0 Å². The van der Waals surface area contributed by atoms with E-state index in [0.29, 0.717) is 5.56 Å². The second-order valence-corrected chi connectivity index (χ2v) is 3.45. The molecule has 2 heteroatoms. The molecule has 80 valence electrons. The first-order valence-corrected chi connectivity index (χ1v) is 4.93. The monoisotopic (exact) mass is 216 g/mol. The van der Waals surface area contributed by atoms with E-state index >= 15 is 0 Å². The molecule has 0 nitrogen and oxygen atoms in total. The Hall–Kier alpha value is -1.96. The zero-order chi connectivity index (χ0) is 11.4. The van der Waals surface area contributed by atoms with Crippen LogP contribution in [0.15, 0.2) is 48.5 Å². The van der Waals surface area contributed by atoms with E-state index in [2.05, 4.69) is 0 Å². The molecule has 0 aromatic heterocycles. The van der Waals surface area contributed by atoms with E-state index in [-0.39, 0.29) is 0 Å². The Morgan fingerprint density at radius 3 is 1.88 bits per heavy atom. The summed E-state index contributed by atoms with van der Waals surface area (Å²) in [6.07, 6.45) is 3.50. The minimum Gasteiger partial charge on any atom is -0.207 e. The van der Waals surface area contributed by atoms with Gasteiger partial charge in [0, 0.05) is 6.07 Å². The van der Waals surface area contributed by atoms with Crippen LogP contribution in [0.3, 0.4) is 0 Å². The number of benzene rings is 2. The van der Waals surface area contributed by atoms with E-state index in [1.165, 1.54) is 12.1 Å². The molecule has 16 heavy (non-hydrogen) atoms. The molecule has 0 atom stereocenters. The molecule has 0 saturated carbocycles. The van der Waals surface area contributed by atoms with Crippen LogP contribution in [0, 0.1) is 11.6 Å². The van der Waals surface area contributed by atoms with Crippen molar-refractivity contribution in [1.29, 1.82) is 0 Å². The maximum atomic E-state index is 12.9. The van der Waals surface area contributed by atoms with E-state index in [4.69, 9.17) is 0 Å². The number of hydrogen-bond acceptors (Lipinski definition) is 0. The Morgan fingerprint density at radius 1 is 0.688 bits per heavy atom. The van der Waals surface area contributed by atoms with Crippen molar-refractivity contribution in [2.75, 3.05) is 0 Å². The van der Waals surface area contributed by atoms with Gasteiger partial charge in [-0.1, -0.05) is 42.5 Å². The minimum atomic E-state index is -0.562. The molecule has 0 aliphatic rings. The van der Waals surface area contributed by atoms with Crippen molar-refractivity contribution in [1.82, 2.24) is 0 Å². The Morgan fingerprint density at radius 2 is 1.25 bits per heavy atom. The lowest BCUT2D eigenvalue weighted by molar-refractivity contribution is 0.583. The van der Waals surface area contributed by atoms with E-state index < -0.39 is 11.6 Å². The fourth-order valence-electron chi connectivity index (χ4n) is 1.43. The summed E-state index contributed by atoms with van der Waals surface area (Å²) in [4.78, 5) is 0. The second kappa shape index (κ2) is 4.71. The summed E-state index contributed by atoms with van der Waals surface area (Å²) >= 11 is 0. The van der Waals surface area contributed by atoms with Gasteiger partial charge in [0.25, 0.3) is 0 Å². The summed E-state index contributed by atoms with van der Waals surface area (Å²) < 4.78 is 25.8. The molecule has 0 saturated heterocycles. The molecular weight excluding hydrogens is 206 g/mol. The Kier molecular flexibility index (Phi) is 3.10.